The second-order valence-corrected chi connectivity index (χ2v) is 2.30. The van der Waals surface area contributed by atoms with Crippen molar-refractivity contribution >= 4 is 12.3 Å². The summed E-state index contributed by atoms with van der Waals surface area (Å²) in [5.74, 6) is -0.880. The smallest absolute Gasteiger partial charge is 0.381 e. The van der Waals surface area contributed by atoms with Crippen LogP contribution in [0, 0.1) is 10.1 Å². The summed E-state index contributed by atoms with van der Waals surface area (Å²) in [6.07, 6.45) is 0.426. The van der Waals surface area contributed by atoms with Crippen molar-refractivity contribution in [2.75, 3.05) is 6.61 Å². The van der Waals surface area contributed by atoms with Gasteiger partial charge in [0.05, 0.1) is 6.61 Å². The van der Waals surface area contributed by atoms with Gasteiger partial charge < -0.3 is 9.53 Å². The number of hydrogen-bond acceptors (Lipinski definition) is 5. The van der Waals surface area contributed by atoms with Gasteiger partial charge >= 0.3 is 12.0 Å². The Morgan fingerprint density at radius 1 is 1.69 bits per heavy atom. The third-order valence-corrected chi connectivity index (χ3v) is 1.37. The van der Waals surface area contributed by atoms with Crippen LogP contribution in [-0.4, -0.2) is 29.8 Å². The van der Waals surface area contributed by atoms with E-state index in [1.54, 1.807) is 6.92 Å². The van der Waals surface area contributed by atoms with Crippen LogP contribution in [0.3, 0.4) is 0 Å². The lowest BCUT2D eigenvalue weighted by atomic mass is 10.2. The molecule has 0 amide bonds. The van der Waals surface area contributed by atoms with Crippen molar-refractivity contribution in [3.63, 3.8) is 0 Å². The molecule has 74 valence electrons. The van der Waals surface area contributed by atoms with Gasteiger partial charge in [0.25, 0.3) is 0 Å². The molecule has 0 aromatic heterocycles. The highest BCUT2D eigenvalue weighted by Crippen LogP contribution is 2.02. The topological polar surface area (TPSA) is 86.5 Å². The molecule has 0 saturated carbocycles. The van der Waals surface area contributed by atoms with Gasteiger partial charge in [-0.05, 0) is 6.92 Å². The van der Waals surface area contributed by atoms with E-state index in [0.717, 1.165) is 0 Å². The first-order valence-electron chi connectivity index (χ1n) is 3.87. The van der Waals surface area contributed by atoms with Crippen LogP contribution >= 0.6 is 0 Å². The molecule has 0 bridgehead atoms. The van der Waals surface area contributed by atoms with Crippen molar-refractivity contribution in [3.05, 3.63) is 10.1 Å². The molecule has 0 aromatic rings. The van der Waals surface area contributed by atoms with Crippen LogP contribution in [0.5, 0.6) is 0 Å². The van der Waals surface area contributed by atoms with Gasteiger partial charge in [-0.2, -0.15) is 0 Å². The van der Waals surface area contributed by atoms with Crippen LogP contribution in [-0.2, 0) is 14.3 Å². The average molecular weight is 189 g/mol. The molecule has 0 N–H and O–H groups in total. The minimum absolute atomic E-state index is 0.00946. The van der Waals surface area contributed by atoms with Crippen LogP contribution < -0.4 is 0 Å². The van der Waals surface area contributed by atoms with Crippen LogP contribution in [0.1, 0.15) is 19.8 Å². The number of nitrogens with zero attached hydrogens (tertiary/aromatic N) is 1. The number of carbonyl (C=O) groups is 2. The molecule has 0 aliphatic heterocycles. The van der Waals surface area contributed by atoms with Gasteiger partial charge in [-0.15, -0.1) is 0 Å². The normalized spacial score (nSPS) is 11.8. The van der Waals surface area contributed by atoms with Gasteiger partial charge in [-0.1, -0.05) is 0 Å². The lowest BCUT2D eigenvalue weighted by Crippen LogP contribution is -2.31. The number of aldehydes is 1. The number of esters is 1. The Balaban J connectivity index is 4.15. The van der Waals surface area contributed by atoms with Crippen LogP contribution in [0.2, 0.25) is 0 Å². The Morgan fingerprint density at radius 3 is 2.69 bits per heavy atom. The molecule has 0 spiro atoms. The Hall–Kier alpha value is -1.46. The highest BCUT2D eigenvalue weighted by Gasteiger charge is 2.30. The molecule has 0 saturated heterocycles. The first kappa shape index (κ1) is 11.5. The van der Waals surface area contributed by atoms with E-state index in [0.29, 0.717) is 6.29 Å². The Labute approximate surface area is 75.0 Å². The second kappa shape index (κ2) is 6.10. The van der Waals surface area contributed by atoms with Crippen LogP contribution in [0.15, 0.2) is 0 Å². The standard InChI is InChI=1S/C7H11NO5/c1-2-13-7(10)6(8(11)12)4-3-5-9/h5-6H,2-4H2,1H3. The van der Waals surface area contributed by atoms with E-state index in [9.17, 15) is 19.7 Å². The second-order valence-electron chi connectivity index (χ2n) is 2.30. The molecule has 0 radical (unpaired) electrons. The van der Waals surface area contributed by atoms with Crippen LogP contribution in [0.4, 0.5) is 0 Å². The van der Waals surface area contributed by atoms with E-state index >= 15 is 0 Å². The number of hydrogen-bond donors (Lipinski definition) is 0. The third-order valence-electron chi connectivity index (χ3n) is 1.37. The van der Waals surface area contributed by atoms with Gasteiger partial charge in [0.15, 0.2) is 0 Å². The fraction of sp³-hybridized carbons (Fsp3) is 0.714. The maximum atomic E-state index is 10.9. The van der Waals surface area contributed by atoms with E-state index in [-0.39, 0.29) is 19.4 Å². The zero-order valence-electron chi connectivity index (χ0n) is 7.26. The molecule has 0 fully saturated rings. The zero-order chi connectivity index (χ0) is 10.3. The fourth-order valence-electron chi connectivity index (χ4n) is 0.774. The zero-order valence-corrected chi connectivity index (χ0v) is 7.26. The highest BCUT2D eigenvalue weighted by molar-refractivity contribution is 5.74. The van der Waals surface area contributed by atoms with E-state index < -0.39 is 16.9 Å². The molecular formula is C7H11NO5. The summed E-state index contributed by atoms with van der Waals surface area (Å²) < 4.78 is 4.47. The van der Waals surface area contributed by atoms with E-state index in [1.807, 2.05) is 0 Å². The van der Waals surface area contributed by atoms with E-state index in [4.69, 9.17) is 0 Å². The quantitative estimate of drug-likeness (QED) is 0.257. The molecular weight excluding hydrogens is 178 g/mol. The van der Waals surface area contributed by atoms with E-state index in [1.165, 1.54) is 0 Å². The van der Waals surface area contributed by atoms with Crippen molar-refractivity contribution in [2.24, 2.45) is 0 Å². The summed E-state index contributed by atoms with van der Waals surface area (Å²) in [6.45, 7) is 1.67. The predicted octanol–water partition coefficient (Wildman–Crippen LogP) is 0.174. The minimum Gasteiger partial charge on any atom is -0.461 e. The molecule has 1 atom stereocenters. The van der Waals surface area contributed by atoms with E-state index in [2.05, 4.69) is 4.74 Å². The number of ether oxygens (including phenoxy) is 1. The third kappa shape index (κ3) is 4.19. The minimum atomic E-state index is -1.41. The maximum absolute atomic E-state index is 10.9. The van der Waals surface area contributed by atoms with Gasteiger partial charge in [0.2, 0.25) is 0 Å². The monoisotopic (exact) mass is 189 g/mol. The van der Waals surface area contributed by atoms with Crippen molar-refractivity contribution in [1.29, 1.82) is 0 Å². The van der Waals surface area contributed by atoms with Crippen molar-refractivity contribution in [3.8, 4) is 0 Å². The molecule has 1 unspecified atom stereocenters. The summed E-state index contributed by atoms with van der Waals surface area (Å²) in [5.41, 5.74) is 0. The summed E-state index contributed by atoms with van der Waals surface area (Å²) in [5, 5.41) is 10.3. The number of rotatable bonds is 6. The summed E-state index contributed by atoms with van der Waals surface area (Å²) in [6, 6.07) is -1.41. The first-order valence-corrected chi connectivity index (χ1v) is 3.87. The molecule has 6 nitrogen and oxygen atoms in total. The van der Waals surface area contributed by atoms with Crippen molar-refractivity contribution in [2.45, 2.75) is 25.8 Å². The Kier molecular flexibility index (Phi) is 5.42. The largest absolute Gasteiger partial charge is 0.461 e. The SMILES string of the molecule is CCOC(=O)C(CCC=O)[N+](=O)[O-]. The average Bonchev–Trinajstić information content (AvgIpc) is 2.05. The molecule has 0 aromatic carbocycles. The maximum Gasteiger partial charge on any atom is 0.381 e. The number of nitro groups is 1. The Bertz CT molecular complexity index is 203. The lowest BCUT2D eigenvalue weighted by Gasteiger charge is -2.05. The van der Waals surface area contributed by atoms with Crippen LogP contribution in [0.25, 0.3) is 0 Å². The molecule has 0 aliphatic rings. The summed E-state index contributed by atoms with van der Waals surface area (Å²) >= 11 is 0. The molecule has 13 heavy (non-hydrogen) atoms. The molecule has 6 heteroatoms. The predicted molar refractivity (Wildman–Crippen MR) is 42.7 cm³/mol. The summed E-state index contributed by atoms with van der Waals surface area (Å²) in [4.78, 5) is 30.4. The fourth-order valence-corrected chi connectivity index (χ4v) is 0.774. The van der Waals surface area contributed by atoms with Gasteiger partial charge in [0.1, 0.15) is 6.29 Å². The van der Waals surface area contributed by atoms with Gasteiger partial charge in [0, 0.05) is 17.8 Å². The lowest BCUT2D eigenvalue weighted by molar-refractivity contribution is -0.511. The highest BCUT2D eigenvalue weighted by atomic mass is 16.6. The van der Waals surface area contributed by atoms with Crippen molar-refractivity contribution < 1.29 is 19.2 Å². The molecule has 0 aliphatic carbocycles. The van der Waals surface area contributed by atoms with Gasteiger partial charge in [-0.25, -0.2) is 4.79 Å². The first-order chi connectivity index (χ1) is 6.13. The molecule has 0 rings (SSSR count). The van der Waals surface area contributed by atoms with Gasteiger partial charge in [-0.3, -0.25) is 10.1 Å². The Morgan fingerprint density at radius 2 is 2.31 bits per heavy atom. The van der Waals surface area contributed by atoms with Crippen molar-refractivity contribution in [1.82, 2.24) is 0 Å². The number of carbonyl (C=O) groups excluding carboxylic acids is 2. The molecule has 0 heterocycles. The summed E-state index contributed by atoms with van der Waals surface area (Å²) in [7, 11) is 0.